The zero-order valence-electron chi connectivity index (χ0n) is 18.0. The summed E-state index contributed by atoms with van der Waals surface area (Å²) in [6, 6.07) is 19.8. The van der Waals surface area contributed by atoms with Crippen molar-refractivity contribution in [3.63, 3.8) is 0 Å². The van der Waals surface area contributed by atoms with E-state index in [9.17, 15) is 13.2 Å². The average Bonchev–Trinajstić information content (AvgIpc) is 2.80. The number of aromatic nitrogens is 1. The molecule has 1 heterocycles. The second-order valence-electron chi connectivity index (χ2n) is 7.33. The lowest BCUT2D eigenvalue weighted by atomic mass is 10.1. The maximum atomic E-state index is 12.6. The predicted molar refractivity (Wildman–Crippen MR) is 130 cm³/mol. The van der Waals surface area contributed by atoms with Crippen LogP contribution in [0.3, 0.4) is 0 Å². The Kier molecular flexibility index (Phi) is 6.69. The first-order valence-electron chi connectivity index (χ1n) is 10.1. The Hall–Kier alpha value is -3.66. The number of hydrogen-bond donors (Lipinski definition) is 2. The first-order chi connectivity index (χ1) is 16.2. The van der Waals surface area contributed by atoms with Crippen molar-refractivity contribution in [1.29, 1.82) is 0 Å². The second kappa shape index (κ2) is 9.68. The molecule has 10 heteroatoms. The monoisotopic (exact) mass is 497 g/mol. The van der Waals surface area contributed by atoms with Gasteiger partial charge in [0.2, 0.25) is 21.8 Å². The summed E-state index contributed by atoms with van der Waals surface area (Å²) in [6.07, 6.45) is 0.0104. The van der Waals surface area contributed by atoms with Gasteiger partial charge in [0.15, 0.2) is 0 Å². The number of primary sulfonamides is 1. The maximum absolute atomic E-state index is 12.6. The van der Waals surface area contributed by atoms with E-state index in [4.69, 9.17) is 26.2 Å². The molecule has 0 aliphatic rings. The number of sulfonamides is 1. The van der Waals surface area contributed by atoms with Gasteiger partial charge in [-0.25, -0.2) is 18.5 Å². The fourth-order valence-electron chi connectivity index (χ4n) is 3.33. The molecule has 0 fully saturated rings. The highest BCUT2D eigenvalue weighted by Crippen LogP contribution is 2.30. The van der Waals surface area contributed by atoms with E-state index in [2.05, 4.69) is 10.3 Å². The molecule has 1 aromatic heterocycles. The molecule has 8 nitrogen and oxygen atoms in total. The summed E-state index contributed by atoms with van der Waals surface area (Å²) in [4.78, 5) is 16.8. The smallest absolute Gasteiger partial charge is 0.238 e. The van der Waals surface area contributed by atoms with Crippen molar-refractivity contribution < 1.29 is 22.7 Å². The van der Waals surface area contributed by atoms with Crippen LogP contribution in [0.4, 0.5) is 5.69 Å². The number of methoxy groups -OCH3 is 1. The average molecular weight is 498 g/mol. The third-order valence-corrected chi connectivity index (χ3v) is 6.24. The number of anilines is 1. The van der Waals surface area contributed by atoms with Gasteiger partial charge in [-0.3, -0.25) is 4.79 Å². The SMILES string of the molecule is COc1ccc(Oc2ccc3c(S(N)(=O)=O)cc(NC(=O)Cc4ccccc4Cl)cc3n2)cc1. The van der Waals surface area contributed by atoms with E-state index >= 15 is 0 Å². The summed E-state index contributed by atoms with van der Waals surface area (Å²) in [5.74, 6) is 1.05. The fraction of sp³-hybridized carbons (Fsp3) is 0.0833. The van der Waals surface area contributed by atoms with Crippen LogP contribution >= 0.6 is 11.6 Å². The number of benzene rings is 3. The van der Waals surface area contributed by atoms with E-state index in [1.165, 1.54) is 12.1 Å². The number of fused-ring (bicyclic) bond motifs is 1. The summed E-state index contributed by atoms with van der Waals surface area (Å²) in [7, 11) is -2.54. The number of halogens is 1. The van der Waals surface area contributed by atoms with Gasteiger partial charge in [-0.1, -0.05) is 29.8 Å². The molecule has 0 aliphatic carbocycles. The van der Waals surface area contributed by atoms with E-state index in [1.54, 1.807) is 67.8 Å². The molecule has 1 amide bonds. The maximum Gasteiger partial charge on any atom is 0.238 e. The molecule has 0 spiro atoms. The molecular weight excluding hydrogens is 478 g/mol. The van der Waals surface area contributed by atoms with E-state index in [0.29, 0.717) is 27.5 Å². The lowest BCUT2D eigenvalue weighted by Crippen LogP contribution is -2.17. The van der Waals surface area contributed by atoms with Crippen LogP contribution in [-0.2, 0) is 21.2 Å². The lowest BCUT2D eigenvalue weighted by Gasteiger charge is -2.12. The van der Waals surface area contributed by atoms with E-state index in [0.717, 1.165) is 0 Å². The van der Waals surface area contributed by atoms with Crippen molar-refractivity contribution in [2.45, 2.75) is 11.3 Å². The van der Waals surface area contributed by atoms with Crippen molar-refractivity contribution in [3.8, 4) is 17.4 Å². The van der Waals surface area contributed by atoms with Crippen LogP contribution in [0.5, 0.6) is 17.4 Å². The van der Waals surface area contributed by atoms with Gasteiger partial charge in [0, 0.05) is 22.2 Å². The first-order valence-corrected chi connectivity index (χ1v) is 12.0. The molecule has 0 radical (unpaired) electrons. The minimum Gasteiger partial charge on any atom is -0.497 e. The second-order valence-corrected chi connectivity index (χ2v) is 9.27. The summed E-state index contributed by atoms with van der Waals surface area (Å²) >= 11 is 6.13. The molecule has 0 bridgehead atoms. The molecule has 174 valence electrons. The largest absolute Gasteiger partial charge is 0.497 e. The van der Waals surface area contributed by atoms with Crippen molar-refractivity contribution in [2.75, 3.05) is 12.4 Å². The molecule has 34 heavy (non-hydrogen) atoms. The quantitative estimate of drug-likeness (QED) is 0.387. The molecule has 4 rings (SSSR count). The fourth-order valence-corrected chi connectivity index (χ4v) is 4.30. The van der Waals surface area contributed by atoms with Gasteiger partial charge < -0.3 is 14.8 Å². The molecule has 0 aliphatic heterocycles. The number of hydrogen-bond acceptors (Lipinski definition) is 6. The zero-order chi connectivity index (χ0) is 24.3. The van der Waals surface area contributed by atoms with Gasteiger partial charge in [0.1, 0.15) is 11.5 Å². The lowest BCUT2D eigenvalue weighted by molar-refractivity contribution is -0.115. The van der Waals surface area contributed by atoms with E-state index < -0.39 is 10.0 Å². The third-order valence-electron chi connectivity index (χ3n) is 4.92. The number of carbonyl (C=O) groups is 1. The standard InChI is InChI=1S/C24H20ClN3O5S/c1-32-17-6-8-18(9-7-17)33-24-11-10-19-21(28-24)13-16(14-22(19)34(26,30)31)27-23(29)12-15-4-2-3-5-20(15)25/h2-11,13-14H,12H2,1H3,(H,27,29)(H2,26,30,31). The van der Waals surface area contributed by atoms with E-state index in [-0.39, 0.29) is 34.3 Å². The zero-order valence-corrected chi connectivity index (χ0v) is 19.6. The Balaban J connectivity index is 1.66. The highest BCUT2D eigenvalue weighted by atomic mass is 35.5. The van der Waals surface area contributed by atoms with Gasteiger partial charge in [0.25, 0.3) is 0 Å². The Labute approximate surface area is 201 Å². The molecule has 3 N–H and O–H groups in total. The van der Waals surface area contributed by atoms with Crippen LogP contribution in [0, 0.1) is 0 Å². The number of ether oxygens (including phenoxy) is 2. The molecule has 0 saturated carbocycles. The Morgan fingerprint density at radius 3 is 2.41 bits per heavy atom. The van der Waals surface area contributed by atoms with Gasteiger partial charge in [-0.15, -0.1) is 0 Å². The Morgan fingerprint density at radius 1 is 1.03 bits per heavy atom. The number of pyridine rings is 1. The molecule has 0 saturated heterocycles. The molecule has 0 unspecified atom stereocenters. The van der Waals surface area contributed by atoms with Crippen LogP contribution in [0.25, 0.3) is 10.9 Å². The van der Waals surface area contributed by atoms with Gasteiger partial charge in [-0.2, -0.15) is 0 Å². The minimum absolute atomic E-state index is 0.0104. The number of nitrogens with zero attached hydrogens (tertiary/aromatic N) is 1. The summed E-state index contributed by atoms with van der Waals surface area (Å²) < 4.78 is 35.4. The third kappa shape index (κ3) is 5.45. The first kappa shape index (κ1) is 23.5. The number of nitrogens with two attached hydrogens (primary N) is 1. The van der Waals surface area contributed by atoms with Crippen molar-refractivity contribution in [1.82, 2.24) is 4.98 Å². The predicted octanol–water partition coefficient (Wildman–Crippen LogP) is 4.52. The Bertz CT molecular complexity index is 1470. The van der Waals surface area contributed by atoms with Crippen molar-refractivity contribution >= 4 is 44.1 Å². The van der Waals surface area contributed by atoms with Crippen molar-refractivity contribution in [3.05, 3.63) is 83.4 Å². The van der Waals surface area contributed by atoms with Gasteiger partial charge in [-0.05, 0) is 54.1 Å². The van der Waals surface area contributed by atoms with Crippen LogP contribution < -0.4 is 19.9 Å². The molecular formula is C24H20ClN3O5S. The number of rotatable bonds is 7. The minimum atomic E-state index is -4.10. The van der Waals surface area contributed by atoms with E-state index in [1.807, 2.05) is 0 Å². The van der Waals surface area contributed by atoms with Crippen LogP contribution in [-0.4, -0.2) is 26.4 Å². The van der Waals surface area contributed by atoms with Crippen LogP contribution in [0.1, 0.15) is 5.56 Å². The summed E-state index contributed by atoms with van der Waals surface area (Å²) in [5, 5.41) is 8.88. The summed E-state index contributed by atoms with van der Waals surface area (Å²) in [5.41, 5.74) is 1.15. The topological polar surface area (TPSA) is 121 Å². The highest BCUT2D eigenvalue weighted by molar-refractivity contribution is 7.89. The number of nitrogens with one attached hydrogen (secondary N) is 1. The number of amides is 1. The molecule has 4 aromatic rings. The summed E-state index contributed by atoms with van der Waals surface area (Å²) in [6.45, 7) is 0. The van der Waals surface area contributed by atoms with Crippen LogP contribution in [0.2, 0.25) is 5.02 Å². The van der Waals surface area contributed by atoms with Gasteiger partial charge in [0.05, 0.1) is 23.9 Å². The van der Waals surface area contributed by atoms with Gasteiger partial charge >= 0.3 is 0 Å². The molecule has 0 atom stereocenters. The van der Waals surface area contributed by atoms with Crippen LogP contribution in [0.15, 0.2) is 77.7 Å². The molecule has 3 aromatic carbocycles. The number of carbonyl (C=O) groups excluding carboxylic acids is 1. The Morgan fingerprint density at radius 2 is 1.74 bits per heavy atom. The highest BCUT2D eigenvalue weighted by Gasteiger charge is 2.17. The van der Waals surface area contributed by atoms with Crippen molar-refractivity contribution in [2.24, 2.45) is 5.14 Å². The normalized spacial score (nSPS) is 11.3.